The molecule has 108 valence electrons. The lowest BCUT2D eigenvalue weighted by Gasteiger charge is -2.28. The molecule has 3 heteroatoms. The summed E-state index contributed by atoms with van der Waals surface area (Å²) in [5.41, 5.74) is 0.865. The minimum absolute atomic E-state index is 0.0480. The van der Waals surface area contributed by atoms with Crippen LogP contribution in [0, 0.1) is 23.6 Å². The highest BCUT2D eigenvalue weighted by Crippen LogP contribution is 2.49. The molecule has 1 aromatic rings. The van der Waals surface area contributed by atoms with Crippen molar-refractivity contribution in [1.29, 1.82) is 0 Å². The SMILES string of the molecule is CC(NC(=O)Cc1ccc(F)cc1)C1CC2CCC1C2. The van der Waals surface area contributed by atoms with Gasteiger partial charge < -0.3 is 5.32 Å². The number of carbonyl (C=O) groups excluding carboxylic acids is 1. The lowest BCUT2D eigenvalue weighted by Crippen LogP contribution is -2.40. The van der Waals surface area contributed by atoms with Gasteiger partial charge in [-0.25, -0.2) is 4.39 Å². The van der Waals surface area contributed by atoms with E-state index in [0.29, 0.717) is 12.3 Å². The average molecular weight is 275 g/mol. The molecule has 0 spiro atoms. The van der Waals surface area contributed by atoms with Gasteiger partial charge in [0.2, 0.25) is 5.91 Å². The van der Waals surface area contributed by atoms with Crippen molar-refractivity contribution in [2.75, 3.05) is 0 Å². The van der Waals surface area contributed by atoms with Crippen LogP contribution >= 0.6 is 0 Å². The highest BCUT2D eigenvalue weighted by Gasteiger charge is 2.42. The van der Waals surface area contributed by atoms with Gasteiger partial charge in [0.15, 0.2) is 0 Å². The van der Waals surface area contributed by atoms with Crippen LogP contribution in [0.25, 0.3) is 0 Å². The summed E-state index contributed by atoms with van der Waals surface area (Å²) in [7, 11) is 0. The Labute approximate surface area is 119 Å². The van der Waals surface area contributed by atoms with Gasteiger partial charge in [0.1, 0.15) is 5.82 Å². The fourth-order valence-corrected chi connectivity index (χ4v) is 4.11. The lowest BCUT2D eigenvalue weighted by atomic mass is 9.84. The second-order valence-electron chi connectivity index (χ2n) is 6.50. The first-order valence-corrected chi connectivity index (χ1v) is 7.65. The van der Waals surface area contributed by atoms with Gasteiger partial charge in [-0.3, -0.25) is 4.79 Å². The molecule has 4 unspecified atom stereocenters. The highest BCUT2D eigenvalue weighted by atomic mass is 19.1. The van der Waals surface area contributed by atoms with Crippen LogP contribution in [0.1, 0.15) is 38.2 Å². The number of hydrogen-bond donors (Lipinski definition) is 1. The van der Waals surface area contributed by atoms with E-state index in [2.05, 4.69) is 12.2 Å². The van der Waals surface area contributed by atoms with Crippen molar-refractivity contribution in [2.24, 2.45) is 17.8 Å². The van der Waals surface area contributed by atoms with Crippen LogP contribution in [-0.4, -0.2) is 11.9 Å². The molecule has 0 aromatic heterocycles. The maximum atomic E-state index is 12.8. The summed E-state index contributed by atoms with van der Waals surface area (Å²) in [6, 6.07) is 6.43. The van der Waals surface area contributed by atoms with Crippen molar-refractivity contribution < 1.29 is 9.18 Å². The van der Waals surface area contributed by atoms with E-state index in [-0.39, 0.29) is 17.8 Å². The lowest BCUT2D eigenvalue weighted by molar-refractivity contribution is -0.121. The van der Waals surface area contributed by atoms with Crippen molar-refractivity contribution >= 4 is 5.91 Å². The third kappa shape index (κ3) is 2.87. The van der Waals surface area contributed by atoms with Crippen LogP contribution in [0.2, 0.25) is 0 Å². The number of carbonyl (C=O) groups is 1. The summed E-state index contributed by atoms with van der Waals surface area (Å²) < 4.78 is 12.8. The zero-order valence-electron chi connectivity index (χ0n) is 11.9. The molecule has 2 aliphatic carbocycles. The maximum Gasteiger partial charge on any atom is 0.224 e. The van der Waals surface area contributed by atoms with E-state index in [4.69, 9.17) is 0 Å². The van der Waals surface area contributed by atoms with Crippen molar-refractivity contribution in [1.82, 2.24) is 5.32 Å². The van der Waals surface area contributed by atoms with Gasteiger partial charge in [0.25, 0.3) is 0 Å². The molecule has 2 saturated carbocycles. The average Bonchev–Trinajstić information content (AvgIpc) is 3.03. The zero-order chi connectivity index (χ0) is 14.1. The first kappa shape index (κ1) is 13.6. The van der Waals surface area contributed by atoms with Gasteiger partial charge in [-0.2, -0.15) is 0 Å². The van der Waals surface area contributed by atoms with Gasteiger partial charge in [-0.15, -0.1) is 0 Å². The molecule has 3 rings (SSSR count). The van der Waals surface area contributed by atoms with Gasteiger partial charge in [0, 0.05) is 6.04 Å². The number of halogens is 1. The largest absolute Gasteiger partial charge is 0.353 e. The van der Waals surface area contributed by atoms with E-state index in [0.717, 1.165) is 17.4 Å². The van der Waals surface area contributed by atoms with Crippen molar-refractivity contribution in [2.45, 2.75) is 45.1 Å². The van der Waals surface area contributed by atoms with Crippen LogP contribution in [0.5, 0.6) is 0 Å². The van der Waals surface area contributed by atoms with Crippen LogP contribution in [0.4, 0.5) is 4.39 Å². The standard InChI is InChI=1S/C17H22FNO/c1-11(16-9-13-2-5-14(16)8-13)19-17(20)10-12-3-6-15(18)7-4-12/h3-4,6-7,11,13-14,16H,2,5,8-10H2,1H3,(H,19,20). The van der Waals surface area contributed by atoms with E-state index in [1.807, 2.05) is 0 Å². The zero-order valence-corrected chi connectivity index (χ0v) is 11.9. The Morgan fingerprint density at radius 1 is 1.30 bits per heavy atom. The van der Waals surface area contributed by atoms with Gasteiger partial charge in [-0.1, -0.05) is 18.6 Å². The monoisotopic (exact) mass is 275 g/mol. The normalized spacial score (nSPS) is 29.4. The molecule has 2 nitrogen and oxygen atoms in total. The van der Waals surface area contributed by atoms with Crippen molar-refractivity contribution in [3.05, 3.63) is 35.6 Å². The summed E-state index contributed by atoms with van der Waals surface area (Å²) >= 11 is 0. The third-order valence-corrected chi connectivity index (χ3v) is 5.10. The molecule has 1 N–H and O–H groups in total. The molecule has 0 heterocycles. The summed E-state index contributed by atoms with van der Waals surface area (Å²) in [4.78, 5) is 12.1. The van der Waals surface area contributed by atoms with E-state index < -0.39 is 0 Å². The van der Waals surface area contributed by atoms with E-state index in [1.54, 1.807) is 12.1 Å². The molecule has 0 radical (unpaired) electrons. The predicted octanol–water partition coefficient (Wildman–Crippen LogP) is 3.31. The second-order valence-corrected chi connectivity index (χ2v) is 6.50. The molecule has 4 atom stereocenters. The smallest absolute Gasteiger partial charge is 0.224 e. The summed E-state index contributed by atoms with van der Waals surface area (Å²) in [6.07, 6.45) is 5.71. The number of hydrogen-bond acceptors (Lipinski definition) is 1. The fraction of sp³-hybridized carbons (Fsp3) is 0.588. The Hall–Kier alpha value is -1.38. The molecule has 2 fully saturated rings. The predicted molar refractivity (Wildman–Crippen MR) is 76.6 cm³/mol. The Kier molecular flexibility index (Phi) is 3.77. The summed E-state index contributed by atoms with van der Waals surface area (Å²) in [5.74, 6) is 2.17. The summed E-state index contributed by atoms with van der Waals surface area (Å²) in [5, 5.41) is 3.14. The number of benzene rings is 1. The highest BCUT2D eigenvalue weighted by molar-refractivity contribution is 5.78. The van der Waals surface area contributed by atoms with Crippen LogP contribution in [0.3, 0.4) is 0 Å². The Morgan fingerprint density at radius 2 is 2.05 bits per heavy atom. The van der Waals surface area contributed by atoms with Gasteiger partial charge in [0.05, 0.1) is 6.42 Å². The molecule has 0 aliphatic heterocycles. The maximum absolute atomic E-state index is 12.8. The van der Waals surface area contributed by atoms with Crippen LogP contribution in [-0.2, 0) is 11.2 Å². The first-order chi connectivity index (χ1) is 9.61. The number of amides is 1. The van der Waals surface area contributed by atoms with Gasteiger partial charge in [-0.05, 0) is 61.6 Å². The quantitative estimate of drug-likeness (QED) is 0.897. The first-order valence-electron chi connectivity index (χ1n) is 7.65. The molecule has 2 aliphatic rings. The number of nitrogens with one attached hydrogen (secondary N) is 1. The van der Waals surface area contributed by atoms with E-state index in [1.165, 1.54) is 37.8 Å². The topological polar surface area (TPSA) is 29.1 Å². The van der Waals surface area contributed by atoms with E-state index in [9.17, 15) is 9.18 Å². The molecular weight excluding hydrogens is 253 g/mol. The van der Waals surface area contributed by atoms with E-state index >= 15 is 0 Å². The molecule has 0 saturated heterocycles. The minimum Gasteiger partial charge on any atom is -0.353 e. The van der Waals surface area contributed by atoms with Crippen molar-refractivity contribution in [3.63, 3.8) is 0 Å². The van der Waals surface area contributed by atoms with Crippen molar-refractivity contribution in [3.8, 4) is 0 Å². The minimum atomic E-state index is -0.260. The Balaban J connectivity index is 1.52. The second kappa shape index (κ2) is 5.55. The number of fused-ring (bicyclic) bond motifs is 2. The molecule has 20 heavy (non-hydrogen) atoms. The van der Waals surface area contributed by atoms with Crippen LogP contribution < -0.4 is 5.32 Å². The number of rotatable bonds is 4. The summed E-state index contributed by atoms with van der Waals surface area (Å²) in [6.45, 7) is 2.13. The molecule has 1 amide bonds. The molecule has 2 bridgehead atoms. The Morgan fingerprint density at radius 3 is 2.65 bits per heavy atom. The van der Waals surface area contributed by atoms with Gasteiger partial charge >= 0.3 is 0 Å². The van der Waals surface area contributed by atoms with Crippen LogP contribution in [0.15, 0.2) is 24.3 Å². The fourth-order valence-electron chi connectivity index (χ4n) is 4.11. The molecular formula is C17H22FNO. The molecule has 1 aromatic carbocycles. The Bertz CT molecular complexity index is 484. The third-order valence-electron chi connectivity index (χ3n) is 5.10.